The fraction of sp³-hybridized carbons (Fsp3) is 0.455. The Balaban J connectivity index is 1.55. The average molecular weight is 422 g/mol. The summed E-state index contributed by atoms with van der Waals surface area (Å²) in [6.07, 6.45) is 3.88. The fourth-order valence-electron chi connectivity index (χ4n) is 4.56. The molecule has 0 aliphatic carbocycles. The standard InChI is InChI=1S/C22H27N7O2/c1-13(2)29-21(24-14(3)26-29)17-12-27-9-10-31-19-11-15(6-7-16(19)20(27)25-17)18-5-4-8-28(18)22(23)30/h6-7,11-13,18H,4-5,8-10H2,1-3H3,(H2,23,30)/t18-/m0/s1. The molecule has 5 rings (SSSR count). The zero-order valence-electron chi connectivity index (χ0n) is 18.1. The Morgan fingerprint density at radius 3 is 2.84 bits per heavy atom. The first-order valence-electron chi connectivity index (χ1n) is 10.8. The monoisotopic (exact) mass is 421 g/mol. The van der Waals surface area contributed by atoms with E-state index in [0.717, 1.165) is 52.9 Å². The lowest BCUT2D eigenvalue weighted by Crippen LogP contribution is -2.35. The number of hydrogen-bond acceptors (Lipinski definition) is 5. The van der Waals surface area contributed by atoms with Crippen molar-refractivity contribution in [3.8, 4) is 28.7 Å². The lowest BCUT2D eigenvalue weighted by molar-refractivity contribution is 0.202. The smallest absolute Gasteiger partial charge is 0.315 e. The summed E-state index contributed by atoms with van der Waals surface area (Å²) in [5.74, 6) is 3.14. The second kappa shape index (κ2) is 7.40. The number of hydrogen-bond donors (Lipinski definition) is 1. The molecule has 1 aromatic carbocycles. The van der Waals surface area contributed by atoms with E-state index in [9.17, 15) is 4.79 Å². The minimum absolute atomic E-state index is 0.00229. The maximum atomic E-state index is 11.8. The maximum absolute atomic E-state index is 11.8. The summed E-state index contributed by atoms with van der Waals surface area (Å²) >= 11 is 0. The van der Waals surface area contributed by atoms with E-state index in [1.54, 1.807) is 4.90 Å². The van der Waals surface area contributed by atoms with Crippen LogP contribution in [0.4, 0.5) is 4.79 Å². The van der Waals surface area contributed by atoms with Gasteiger partial charge in [-0.2, -0.15) is 5.10 Å². The highest BCUT2D eigenvalue weighted by atomic mass is 16.5. The quantitative estimate of drug-likeness (QED) is 0.699. The minimum Gasteiger partial charge on any atom is -0.491 e. The first kappa shape index (κ1) is 19.6. The third-order valence-corrected chi connectivity index (χ3v) is 5.99. The van der Waals surface area contributed by atoms with Crippen molar-refractivity contribution >= 4 is 6.03 Å². The number of aryl methyl sites for hydroxylation is 1. The number of nitrogens with zero attached hydrogens (tertiary/aromatic N) is 6. The molecule has 3 aromatic rings. The Kier molecular flexibility index (Phi) is 4.68. The number of nitrogens with two attached hydrogens (primary N) is 1. The lowest BCUT2D eigenvalue weighted by Gasteiger charge is -2.23. The van der Waals surface area contributed by atoms with Crippen LogP contribution in [0, 0.1) is 6.92 Å². The molecule has 0 radical (unpaired) electrons. The topological polar surface area (TPSA) is 104 Å². The van der Waals surface area contributed by atoms with Gasteiger partial charge in [-0.25, -0.2) is 19.4 Å². The normalized spacial score (nSPS) is 17.9. The molecule has 162 valence electrons. The Morgan fingerprint density at radius 2 is 2.06 bits per heavy atom. The summed E-state index contributed by atoms with van der Waals surface area (Å²) < 4.78 is 10.1. The van der Waals surface area contributed by atoms with Crippen LogP contribution in [0.25, 0.3) is 22.9 Å². The van der Waals surface area contributed by atoms with Gasteiger partial charge in [0.15, 0.2) is 5.82 Å². The van der Waals surface area contributed by atoms with Crippen molar-refractivity contribution in [2.24, 2.45) is 5.73 Å². The molecule has 9 heteroatoms. The van der Waals surface area contributed by atoms with E-state index in [2.05, 4.69) is 34.6 Å². The molecule has 1 fully saturated rings. The van der Waals surface area contributed by atoms with Crippen molar-refractivity contribution in [2.75, 3.05) is 13.2 Å². The Bertz CT molecular complexity index is 1150. The number of amides is 2. The number of ether oxygens (including phenoxy) is 1. The zero-order valence-corrected chi connectivity index (χ0v) is 18.1. The van der Waals surface area contributed by atoms with Crippen LogP contribution >= 0.6 is 0 Å². The van der Waals surface area contributed by atoms with Gasteiger partial charge in [0.05, 0.1) is 18.2 Å². The third-order valence-electron chi connectivity index (χ3n) is 5.99. The number of benzene rings is 1. The molecule has 0 saturated carbocycles. The van der Waals surface area contributed by atoms with Crippen LogP contribution in [0.5, 0.6) is 5.75 Å². The number of fused-ring (bicyclic) bond motifs is 3. The van der Waals surface area contributed by atoms with Crippen molar-refractivity contribution in [1.82, 2.24) is 29.2 Å². The minimum atomic E-state index is -0.372. The van der Waals surface area contributed by atoms with Crippen LogP contribution in [-0.2, 0) is 6.54 Å². The fourth-order valence-corrected chi connectivity index (χ4v) is 4.56. The summed E-state index contributed by atoms with van der Waals surface area (Å²) in [6, 6.07) is 5.94. The highest BCUT2D eigenvalue weighted by molar-refractivity contribution is 5.73. The second-order valence-electron chi connectivity index (χ2n) is 8.46. The highest BCUT2D eigenvalue weighted by Gasteiger charge is 2.30. The summed E-state index contributed by atoms with van der Waals surface area (Å²) in [6.45, 7) is 7.99. The summed E-state index contributed by atoms with van der Waals surface area (Å²) in [5.41, 5.74) is 8.36. The molecule has 31 heavy (non-hydrogen) atoms. The van der Waals surface area contributed by atoms with E-state index >= 15 is 0 Å². The van der Waals surface area contributed by atoms with Crippen molar-refractivity contribution < 1.29 is 9.53 Å². The van der Waals surface area contributed by atoms with E-state index in [1.165, 1.54) is 0 Å². The van der Waals surface area contributed by atoms with Crippen molar-refractivity contribution in [3.63, 3.8) is 0 Å². The van der Waals surface area contributed by atoms with Gasteiger partial charge in [0.2, 0.25) is 0 Å². The highest BCUT2D eigenvalue weighted by Crippen LogP contribution is 2.39. The third kappa shape index (κ3) is 3.34. The van der Waals surface area contributed by atoms with Crippen molar-refractivity contribution in [1.29, 1.82) is 0 Å². The largest absolute Gasteiger partial charge is 0.491 e. The summed E-state index contributed by atoms with van der Waals surface area (Å²) in [5, 5.41) is 4.52. The number of rotatable bonds is 3. The average Bonchev–Trinajstić information content (AvgIpc) is 3.44. The molecular formula is C22H27N7O2. The van der Waals surface area contributed by atoms with Gasteiger partial charge >= 0.3 is 6.03 Å². The van der Waals surface area contributed by atoms with E-state index in [4.69, 9.17) is 15.5 Å². The molecule has 2 N–H and O–H groups in total. The molecular weight excluding hydrogens is 394 g/mol. The molecule has 2 amide bonds. The van der Waals surface area contributed by atoms with Crippen LogP contribution in [-0.4, -0.2) is 48.4 Å². The number of carbonyl (C=O) groups excluding carboxylic acids is 1. The van der Waals surface area contributed by atoms with Gasteiger partial charge in [-0.15, -0.1) is 0 Å². The molecule has 0 bridgehead atoms. The molecule has 2 aromatic heterocycles. The molecule has 9 nitrogen and oxygen atoms in total. The summed E-state index contributed by atoms with van der Waals surface area (Å²) in [7, 11) is 0. The Morgan fingerprint density at radius 1 is 1.23 bits per heavy atom. The van der Waals surface area contributed by atoms with Gasteiger partial charge in [0, 0.05) is 18.8 Å². The first-order valence-corrected chi connectivity index (χ1v) is 10.8. The van der Waals surface area contributed by atoms with Gasteiger partial charge in [-0.3, -0.25) is 0 Å². The van der Waals surface area contributed by atoms with E-state index in [1.807, 2.05) is 29.9 Å². The number of aromatic nitrogens is 5. The second-order valence-corrected chi connectivity index (χ2v) is 8.46. The van der Waals surface area contributed by atoms with Crippen LogP contribution in [0.3, 0.4) is 0 Å². The van der Waals surface area contributed by atoms with Crippen molar-refractivity contribution in [3.05, 3.63) is 35.8 Å². The number of primary amides is 1. The van der Waals surface area contributed by atoms with E-state index in [-0.39, 0.29) is 18.1 Å². The Labute approximate surface area is 180 Å². The van der Waals surface area contributed by atoms with E-state index < -0.39 is 0 Å². The molecule has 1 saturated heterocycles. The van der Waals surface area contributed by atoms with Gasteiger partial charge in [-0.1, -0.05) is 6.07 Å². The predicted octanol–water partition coefficient (Wildman–Crippen LogP) is 3.31. The molecule has 0 spiro atoms. The number of carbonyl (C=O) groups is 1. The zero-order chi connectivity index (χ0) is 21.7. The van der Waals surface area contributed by atoms with Crippen LogP contribution in [0.1, 0.15) is 50.2 Å². The SMILES string of the molecule is Cc1nc(-c2cn3c(n2)-c2ccc([C@@H]4CCCN4C(N)=O)cc2OCC3)n(C(C)C)n1. The van der Waals surface area contributed by atoms with E-state index in [0.29, 0.717) is 19.7 Å². The van der Waals surface area contributed by atoms with Gasteiger partial charge in [-0.05, 0) is 51.3 Å². The maximum Gasteiger partial charge on any atom is 0.315 e. The van der Waals surface area contributed by atoms with Crippen LogP contribution in [0.2, 0.25) is 0 Å². The van der Waals surface area contributed by atoms with Crippen LogP contribution < -0.4 is 10.5 Å². The van der Waals surface area contributed by atoms with Crippen LogP contribution in [0.15, 0.2) is 24.4 Å². The van der Waals surface area contributed by atoms with Gasteiger partial charge in [0.25, 0.3) is 0 Å². The number of imidazole rings is 1. The molecule has 0 unspecified atom stereocenters. The molecule has 1 atom stereocenters. The number of likely N-dealkylation sites (tertiary alicyclic amines) is 1. The molecule has 2 aliphatic rings. The van der Waals surface area contributed by atoms with Crippen molar-refractivity contribution in [2.45, 2.75) is 52.2 Å². The number of urea groups is 1. The lowest BCUT2D eigenvalue weighted by atomic mass is 10.0. The predicted molar refractivity (Wildman–Crippen MR) is 116 cm³/mol. The van der Waals surface area contributed by atoms with Gasteiger partial charge < -0.3 is 19.9 Å². The van der Waals surface area contributed by atoms with Gasteiger partial charge in [0.1, 0.15) is 29.7 Å². The first-order chi connectivity index (χ1) is 14.9. The molecule has 2 aliphatic heterocycles. The molecule has 4 heterocycles. The Hall–Kier alpha value is -3.36. The summed E-state index contributed by atoms with van der Waals surface area (Å²) in [4.78, 5) is 23.1.